The first-order valence-corrected chi connectivity index (χ1v) is 7.58. The standard InChI is InChI=1S/C18H19N3O/c1-3-17-19-15-11-10-13(12-16(15)20-17)18(22)21(4-2)14-8-6-5-7-9-14/h5-12H,3-4H2,1-2H3,(H,19,20). The number of hydrogen-bond donors (Lipinski definition) is 1. The lowest BCUT2D eigenvalue weighted by atomic mass is 10.1. The second kappa shape index (κ2) is 6.02. The molecule has 0 aliphatic carbocycles. The van der Waals surface area contributed by atoms with Crippen LogP contribution < -0.4 is 4.90 Å². The molecule has 22 heavy (non-hydrogen) atoms. The highest BCUT2D eigenvalue weighted by molar-refractivity contribution is 6.07. The molecule has 0 spiro atoms. The predicted octanol–water partition coefficient (Wildman–Crippen LogP) is 3.79. The zero-order valence-corrected chi connectivity index (χ0v) is 12.8. The van der Waals surface area contributed by atoms with Gasteiger partial charge >= 0.3 is 0 Å². The van der Waals surface area contributed by atoms with Crippen LogP contribution in [0.3, 0.4) is 0 Å². The number of nitrogens with zero attached hydrogens (tertiary/aromatic N) is 2. The first kappa shape index (κ1) is 14.3. The summed E-state index contributed by atoms with van der Waals surface area (Å²) in [7, 11) is 0. The number of amides is 1. The molecule has 1 N–H and O–H groups in total. The van der Waals surface area contributed by atoms with Crippen molar-refractivity contribution >= 4 is 22.6 Å². The highest BCUT2D eigenvalue weighted by atomic mass is 16.2. The van der Waals surface area contributed by atoms with Gasteiger partial charge in [-0.05, 0) is 37.3 Å². The summed E-state index contributed by atoms with van der Waals surface area (Å²) >= 11 is 0. The number of hydrogen-bond acceptors (Lipinski definition) is 2. The number of aromatic amines is 1. The number of nitrogens with one attached hydrogen (secondary N) is 1. The van der Waals surface area contributed by atoms with Crippen molar-refractivity contribution in [1.82, 2.24) is 9.97 Å². The molecule has 1 aromatic heterocycles. The molecule has 0 atom stereocenters. The van der Waals surface area contributed by atoms with Gasteiger partial charge < -0.3 is 9.88 Å². The lowest BCUT2D eigenvalue weighted by molar-refractivity contribution is 0.0988. The molecule has 0 bridgehead atoms. The monoisotopic (exact) mass is 293 g/mol. The molecule has 1 amide bonds. The Morgan fingerprint density at radius 2 is 1.91 bits per heavy atom. The number of aromatic nitrogens is 2. The Kier molecular flexibility index (Phi) is 3.92. The largest absolute Gasteiger partial charge is 0.342 e. The van der Waals surface area contributed by atoms with Gasteiger partial charge in [-0.2, -0.15) is 0 Å². The van der Waals surface area contributed by atoms with Crippen LogP contribution in [0.5, 0.6) is 0 Å². The first-order chi connectivity index (χ1) is 10.7. The second-order valence-electron chi connectivity index (χ2n) is 5.15. The quantitative estimate of drug-likeness (QED) is 0.795. The average Bonchev–Trinajstić information content (AvgIpc) is 2.98. The number of rotatable bonds is 4. The lowest BCUT2D eigenvalue weighted by Gasteiger charge is -2.21. The van der Waals surface area contributed by atoms with Crippen LogP contribution in [0.15, 0.2) is 48.5 Å². The Bertz CT molecular complexity index is 792. The van der Waals surface area contributed by atoms with Crippen molar-refractivity contribution in [2.24, 2.45) is 0 Å². The smallest absolute Gasteiger partial charge is 0.258 e. The van der Waals surface area contributed by atoms with E-state index in [0.717, 1.165) is 29.0 Å². The van der Waals surface area contributed by atoms with Crippen LogP contribution in [0.4, 0.5) is 5.69 Å². The van der Waals surface area contributed by atoms with E-state index in [1.165, 1.54) is 0 Å². The molecule has 0 aliphatic heterocycles. The van der Waals surface area contributed by atoms with Gasteiger partial charge in [0.05, 0.1) is 11.0 Å². The topological polar surface area (TPSA) is 49.0 Å². The minimum atomic E-state index is 0.00301. The van der Waals surface area contributed by atoms with Crippen LogP contribution in [0, 0.1) is 0 Å². The summed E-state index contributed by atoms with van der Waals surface area (Å²) in [6.07, 6.45) is 0.850. The van der Waals surface area contributed by atoms with Crippen molar-refractivity contribution in [2.45, 2.75) is 20.3 Å². The van der Waals surface area contributed by atoms with Crippen molar-refractivity contribution in [3.05, 3.63) is 59.9 Å². The molecule has 0 radical (unpaired) electrons. The number of aryl methyl sites for hydroxylation is 1. The van der Waals surface area contributed by atoms with Crippen molar-refractivity contribution in [3.63, 3.8) is 0 Å². The van der Waals surface area contributed by atoms with Crippen LogP contribution in [0.25, 0.3) is 11.0 Å². The molecule has 3 rings (SSSR count). The van der Waals surface area contributed by atoms with Gasteiger partial charge in [0, 0.05) is 24.2 Å². The van der Waals surface area contributed by atoms with Crippen LogP contribution >= 0.6 is 0 Å². The molecule has 112 valence electrons. The maximum atomic E-state index is 12.8. The number of H-pyrrole nitrogens is 1. The molecule has 4 nitrogen and oxygen atoms in total. The Morgan fingerprint density at radius 3 is 2.59 bits per heavy atom. The van der Waals surface area contributed by atoms with Gasteiger partial charge in [-0.1, -0.05) is 25.1 Å². The molecule has 0 saturated heterocycles. The summed E-state index contributed by atoms with van der Waals surface area (Å²) in [4.78, 5) is 22.3. The van der Waals surface area contributed by atoms with Gasteiger partial charge in [-0.3, -0.25) is 4.79 Å². The molecular weight excluding hydrogens is 274 g/mol. The molecule has 0 fully saturated rings. The molecule has 2 aromatic carbocycles. The zero-order valence-electron chi connectivity index (χ0n) is 12.8. The van der Waals surface area contributed by atoms with Crippen LogP contribution in [0.2, 0.25) is 0 Å². The van der Waals surface area contributed by atoms with E-state index < -0.39 is 0 Å². The van der Waals surface area contributed by atoms with Crippen LogP contribution in [-0.2, 0) is 6.42 Å². The van der Waals surface area contributed by atoms with Crippen molar-refractivity contribution in [3.8, 4) is 0 Å². The van der Waals surface area contributed by atoms with Gasteiger partial charge in [0.2, 0.25) is 0 Å². The summed E-state index contributed by atoms with van der Waals surface area (Å²) in [5.74, 6) is 0.943. The van der Waals surface area contributed by atoms with Gasteiger partial charge in [0.1, 0.15) is 5.82 Å². The highest BCUT2D eigenvalue weighted by Gasteiger charge is 2.16. The van der Waals surface area contributed by atoms with E-state index in [-0.39, 0.29) is 5.91 Å². The normalized spacial score (nSPS) is 10.8. The lowest BCUT2D eigenvalue weighted by Crippen LogP contribution is -2.30. The molecule has 3 aromatic rings. The summed E-state index contributed by atoms with van der Waals surface area (Å²) in [5, 5.41) is 0. The zero-order chi connectivity index (χ0) is 15.5. The first-order valence-electron chi connectivity index (χ1n) is 7.58. The third kappa shape index (κ3) is 2.60. The molecule has 0 unspecified atom stereocenters. The van der Waals surface area contributed by atoms with Crippen molar-refractivity contribution in [2.75, 3.05) is 11.4 Å². The summed E-state index contributed by atoms with van der Waals surface area (Å²) in [6, 6.07) is 15.4. The second-order valence-corrected chi connectivity index (χ2v) is 5.15. The fraction of sp³-hybridized carbons (Fsp3) is 0.222. The third-order valence-corrected chi connectivity index (χ3v) is 3.74. The molecule has 0 saturated carbocycles. The Labute approximate surface area is 129 Å². The maximum Gasteiger partial charge on any atom is 0.258 e. The number of carbonyl (C=O) groups is 1. The van der Waals surface area contributed by atoms with E-state index in [4.69, 9.17) is 0 Å². The van der Waals surface area contributed by atoms with Crippen LogP contribution in [-0.4, -0.2) is 22.4 Å². The predicted molar refractivity (Wildman–Crippen MR) is 89.3 cm³/mol. The Hall–Kier alpha value is -2.62. The van der Waals surface area contributed by atoms with Gasteiger partial charge in [0.15, 0.2) is 0 Å². The van der Waals surface area contributed by atoms with E-state index in [9.17, 15) is 4.79 Å². The average molecular weight is 293 g/mol. The fourth-order valence-electron chi connectivity index (χ4n) is 2.57. The van der Waals surface area contributed by atoms with E-state index in [2.05, 4.69) is 16.9 Å². The van der Waals surface area contributed by atoms with E-state index >= 15 is 0 Å². The van der Waals surface area contributed by atoms with E-state index in [1.807, 2.05) is 55.5 Å². The Balaban J connectivity index is 1.96. The number of benzene rings is 2. The summed E-state index contributed by atoms with van der Waals surface area (Å²) in [6.45, 7) is 4.66. The maximum absolute atomic E-state index is 12.8. The minimum Gasteiger partial charge on any atom is -0.342 e. The Morgan fingerprint density at radius 1 is 1.14 bits per heavy atom. The fourth-order valence-corrected chi connectivity index (χ4v) is 2.57. The van der Waals surface area contributed by atoms with Crippen LogP contribution in [0.1, 0.15) is 30.0 Å². The summed E-state index contributed by atoms with van der Waals surface area (Å²) in [5.41, 5.74) is 3.39. The SMILES string of the molecule is CCc1nc2ccc(C(=O)N(CC)c3ccccc3)cc2[nH]1. The number of para-hydroxylation sites is 1. The van der Waals surface area contributed by atoms with Gasteiger partial charge in [-0.25, -0.2) is 4.98 Å². The van der Waals surface area contributed by atoms with Crippen molar-refractivity contribution in [1.29, 1.82) is 0 Å². The van der Waals surface area contributed by atoms with Gasteiger partial charge in [-0.15, -0.1) is 0 Å². The molecule has 4 heteroatoms. The molecule has 1 heterocycles. The number of imidazole rings is 1. The number of carbonyl (C=O) groups excluding carboxylic acids is 1. The highest BCUT2D eigenvalue weighted by Crippen LogP contribution is 2.19. The molecular formula is C18H19N3O. The van der Waals surface area contributed by atoms with E-state index in [0.29, 0.717) is 12.1 Å². The molecule has 0 aliphatic rings. The number of anilines is 1. The van der Waals surface area contributed by atoms with Gasteiger partial charge in [0.25, 0.3) is 5.91 Å². The van der Waals surface area contributed by atoms with Crippen molar-refractivity contribution < 1.29 is 4.79 Å². The number of fused-ring (bicyclic) bond motifs is 1. The third-order valence-electron chi connectivity index (χ3n) is 3.74. The van der Waals surface area contributed by atoms with E-state index in [1.54, 1.807) is 4.90 Å². The summed E-state index contributed by atoms with van der Waals surface area (Å²) < 4.78 is 0. The minimum absolute atomic E-state index is 0.00301.